The number of nitrogens with one attached hydrogen (secondary N) is 1. The molecule has 0 saturated carbocycles. The molecule has 1 aromatic heterocycles. The van der Waals surface area contributed by atoms with Gasteiger partial charge in [-0.05, 0) is 20.8 Å². The SMILES string of the molecule is CCNc1cc(N2CC(C)OC(C)C2)nc(N)n1. The number of aromatic nitrogens is 2. The quantitative estimate of drug-likeness (QED) is 0.838. The summed E-state index contributed by atoms with van der Waals surface area (Å²) in [4.78, 5) is 10.7. The van der Waals surface area contributed by atoms with Crippen LogP contribution in [0, 0.1) is 0 Å². The Labute approximate surface area is 108 Å². The number of ether oxygens (including phenoxy) is 1. The van der Waals surface area contributed by atoms with Crippen molar-refractivity contribution in [1.29, 1.82) is 0 Å². The molecular weight excluding hydrogens is 230 g/mol. The molecule has 1 aliphatic heterocycles. The van der Waals surface area contributed by atoms with Gasteiger partial charge in [-0.15, -0.1) is 0 Å². The first-order chi connectivity index (χ1) is 8.58. The molecule has 2 unspecified atom stereocenters. The molecule has 18 heavy (non-hydrogen) atoms. The van der Waals surface area contributed by atoms with Crippen molar-refractivity contribution in [2.75, 3.05) is 35.6 Å². The third-order valence-electron chi connectivity index (χ3n) is 2.83. The molecule has 0 spiro atoms. The van der Waals surface area contributed by atoms with Gasteiger partial charge in [-0.2, -0.15) is 9.97 Å². The van der Waals surface area contributed by atoms with Crippen molar-refractivity contribution in [2.24, 2.45) is 0 Å². The molecule has 100 valence electrons. The predicted molar refractivity (Wildman–Crippen MR) is 72.8 cm³/mol. The molecule has 1 fully saturated rings. The fraction of sp³-hybridized carbons (Fsp3) is 0.667. The van der Waals surface area contributed by atoms with E-state index in [-0.39, 0.29) is 12.2 Å². The molecule has 0 aromatic carbocycles. The number of nitrogens with two attached hydrogens (primary N) is 1. The standard InChI is InChI=1S/C12H21N5O/c1-4-14-10-5-11(16-12(13)15-10)17-6-8(2)18-9(3)7-17/h5,8-9H,4,6-7H2,1-3H3,(H3,13,14,15,16). The Bertz CT molecular complexity index is 401. The highest BCUT2D eigenvalue weighted by Gasteiger charge is 2.23. The minimum absolute atomic E-state index is 0.201. The first-order valence-corrected chi connectivity index (χ1v) is 6.37. The Balaban J connectivity index is 2.21. The van der Waals surface area contributed by atoms with Crippen molar-refractivity contribution < 1.29 is 4.74 Å². The summed E-state index contributed by atoms with van der Waals surface area (Å²) in [6, 6.07) is 1.94. The maximum Gasteiger partial charge on any atom is 0.223 e. The van der Waals surface area contributed by atoms with Crippen LogP contribution in [0.5, 0.6) is 0 Å². The Morgan fingerprint density at radius 1 is 1.39 bits per heavy atom. The summed E-state index contributed by atoms with van der Waals surface area (Å²) >= 11 is 0. The highest BCUT2D eigenvalue weighted by molar-refractivity contribution is 5.52. The van der Waals surface area contributed by atoms with Gasteiger partial charge in [-0.25, -0.2) is 0 Å². The van der Waals surface area contributed by atoms with E-state index >= 15 is 0 Å². The Morgan fingerprint density at radius 2 is 2.06 bits per heavy atom. The summed E-state index contributed by atoms with van der Waals surface area (Å²) in [7, 11) is 0. The van der Waals surface area contributed by atoms with E-state index in [0.29, 0.717) is 5.95 Å². The van der Waals surface area contributed by atoms with Crippen LogP contribution in [0.15, 0.2) is 6.07 Å². The topological polar surface area (TPSA) is 76.3 Å². The molecule has 1 aliphatic rings. The molecule has 0 radical (unpaired) electrons. The number of hydrogen-bond donors (Lipinski definition) is 2. The predicted octanol–water partition coefficient (Wildman–Crippen LogP) is 1.10. The number of hydrogen-bond acceptors (Lipinski definition) is 6. The Morgan fingerprint density at radius 3 is 2.67 bits per heavy atom. The highest BCUT2D eigenvalue weighted by atomic mass is 16.5. The van der Waals surface area contributed by atoms with Crippen LogP contribution in [0.1, 0.15) is 20.8 Å². The summed E-state index contributed by atoms with van der Waals surface area (Å²) in [5.74, 6) is 1.93. The van der Waals surface area contributed by atoms with Crippen molar-refractivity contribution in [3.8, 4) is 0 Å². The van der Waals surface area contributed by atoms with E-state index in [1.165, 1.54) is 0 Å². The van der Waals surface area contributed by atoms with Crippen LogP contribution in [0.2, 0.25) is 0 Å². The smallest absolute Gasteiger partial charge is 0.223 e. The molecule has 2 heterocycles. The number of anilines is 3. The van der Waals surface area contributed by atoms with Gasteiger partial charge in [0.15, 0.2) is 0 Å². The third kappa shape index (κ3) is 3.01. The lowest BCUT2D eigenvalue weighted by Gasteiger charge is -2.36. The van der Waals surface area contributed by atoms with Crippen molar-refractivity contribution in [1.82, 2.24) is 9.97 Å². The number of nitrogen functional groups attached to an aromatic ring is 1. The summed E-state index contributed by atoms with van der Waals surface area (Å²) in [6.45, 7) is 8.62. The molecule has 6 heteroatoms. The first kappa shape index (κ1) is 12.9. The highest BCUT2D eigenvalue weighted by Crippen LogP contribution is 2.21. The van der Waals surface area contributed by atoms with Crippen molar-refractivity contribution in [3.63, 3.8) is 0 Å². The molecule has 2 atom stereocenters. The van der Waals surface area contributed by atoms with Crippen molar-refractivity contribution in [3.05, 3.63) is 6.07 Å². The van der Waals surface area contributed by atoms with Crippen LogP contribution in [0.3, 0.4) is 0 Å². The Kier molecular flexibility index (Phi) is 3.86. The lowest BCUT2D eigenvalue weighted by atomic mass is 10.2. The van der Waals surface area contributed by atoms with E-state index < -0.39 is 0 Å². The molecular formula is C12H21N5O. The van der Waals surface area contributed by atoms with Crippen LogP contribution in [0.25, 0.3) is 0 Å². The average molecular weight is 251 g/mol. The van der Waals surface area contributed by atoms with E-state index in [1.807, 2.05) is 13.0 Å². The largest absolute Gasteiger partial charge is 0.372 e. The number of morpholine rings is 1. The van der Waals surface area contributed by atoms with E-state index in [4.69, 9.17) is 10.5 Å². The zero-order chi connectivity index (χ0) is 13.1. The summed E-state index contributed by atoms with van der Waals surface area (Å²) in [5, 5.41) is 3.16. The summed E-state index contributed by atoms with van der Waals surface area (Å²) in [5.41, 5.74) is 5.75. The second kappa shape index (κ2) is 5.39. The van der Waals surface area contributed by atoms with Gasteiger partial charge in [0.1, 0.15) is 11.6 Å². The van der Waals surface area contributed by atoms with Gasteiger partial charge < -0.3 is 20.7 Å². The molecule has 0 aliphatic carbocycles. The fourth-order valence-electron chi connectivity index (χ4n) is 2.25. The molecule has 0 bridgehead atoms. The minimum Gasteiger partial charge on any atom is -0.372 e. The van der Waals surface area contributed by atoms with Crippen LogP contribution in [-0.4, -0.2) is 41.8 Å². The molecule has 1 aromatic rings. The maximum atomic E-state index is 5.75. The summed E-state index contributed by atoms with van der Waals surface area (Å²) in [6.07, 6.45) is 0.403. The maximum absolute atomic E-state index is 5.75. The van der Waals surface area contributed by atoms with Gasteiger partial charge in [-0.1, -0.05) is 0 Å². The molecule has 1 saturated heterocycles. The van der Waals surface area contributed by atoms with Gasteiger partial charge in [0.25, 0.3) is 0 Å². The van der Waals surface area contributed by atoms with Crippen LogP contribution in [0.4, 0.5) is 17.6 Å². The normalized spacial score (nSPS) is 24.1. The monoisotopic (exact) mass is 251 g/mol. The first-order valence-electron chi connectivity index (χ1n) is 6.37. The molecule has 2 rings (SSSR count). The zero-order valence-corrected chi connectivity index (χ0v) is 11.2. The third-order valence-corrected chi connectivity index (χ3v) is 2.83. The second-order valence-electron chi connectivity index (χ2n) is 4.66. The number of rotatable bonds is 3. The van der Waals surface area contributed by atoms with Crippen molar-refractivity contribution >= 4 is 17.6 Å². The van der Waals surface area contributed by atoms with E-state index in [0.717, 1.165) is 31.3 Å². The van der Waals surface area contributed by atoms with Crippen LogP contribution < -0.4 is 16.0 Å². The average Bonchev–Trinajstić information content (AvgIpc) is 2.27. The summed E-state index contributed by atoms with van der Waals surface area (Å²) < 4.78 is 5.71. The molecule has 6 nitrogen and oxygen atoms in total. The van der Waals surface area contributed by atoms with Crippen LogP contribution >= 0.6 is 0 Å². The Hall–Kier alpha value is -1.56. The zero-order valence-electron chi connectivity index (χ0n) is 11.2. The van der Waals surface area contributed by atoms with E-state index in [9.17, 15) is 0 Å². The van der Waals surface area contributed by atoms with E-state index in [2.05, 4.69) is 34.0 Å². The van der Waals surface area contributed by atoms with Crippen LogP contribution in [-0.2, 0) is 4.74 Å². The van der Waals surface area contributed by atoms with Crippen molar-refractivity contribution in [2.45, 2.75) is 33.0 Å². The fourth-order valence-corrected chi connectivity index (χ4v) is 2.25. The van der Waals surface area contributed by atoms with E-state index in [1.54, 1.807) is 0 Å². The number of nitrogens with zero attached hydrogens (tertiary/aromatic N) is 3. The van der Waals surface area contributed by atoms with Gasteiger partial charge in [-0.3, -0.25) is 0 Å². The molecule has 3 N–H and O–H groups in total. The van der Waals surface area contributed by atoms with Gasteiger partial charge in [0.2, 0.25) is 5.95 Å². The molecule has 0 amide bonds. The van der Waals surface area contributed by atoms with Gasteiger partial charge in [0.05, 0.1) is 12.2 Å². The lowest BCUT2D eigenvalue weighted by Crippen LogP contribution is -2.45. The minimum atomic E-state index is 0.201. The lowest BCUT2D eigenvalue weighted by molar-refractivity contribution is -0.00545. The second-order valence-corrected chi connectivity index (χ2v) is 4.66. The van der Waals surface area contributed by atoms with Gasteiger partial charge >= 0.3 is 0 Å². The van der Waals surface area contributed by atoms with Gasteiger partial charge in [0, 0.05) is 25.7 Å².